The summed E-state index contributed by atoms with van der Waals surface area (Å²) in [5.41, 5.74) is 2.78. The van der Waals surface area contributed by atoms with Crippen molar-refractivity contribution >= 4 is 17.5 Å². The van der Waals surface area contributed by atoms with Crippen LogP contribution < -0.4 is 15.4 Å². The molecule has 0 atom stereocenters. The van der Waals surface area contributed by atoms with E-state index in [-0.39, 0.29) is 24.0 Å². The number of ether oxygens (including phenoxy) is 1. The number of halogens is 1. The van der Waals surface area contributed by atoms with E-state index in [0.717, 1.165) is 16.8 Å². The third-order valence-corrected chi connectivity index (χ3v) is 4.57. The highest BCUT2D eigenvalue weighted by molar-refractivity contribution is 6.04. The Morgan fingerprint density at radius 1 is 0.933 bits per heavy atom. The Hall–Kier alpha value is -3.67. The first-order valence-corrected chi connectivity index (χ1v) is 9.59. The van der Waals surface area contributed by atoms with E-state index < -0.39 is 5.82 Å². The first-order valence-electron chi connectivity index (χ1n) is 9.59. The normalized spacial score (nSPS) is 10.3. The van der Waals surface area contributed by atoms with Gasteiger partial charge in [-0.25, -0.2) is 4.39 Å². The molecule has 6 heteroatoms. The summed E-state index contributed by atoms with van der Waals surface area (Å²) in [4.78, 5) is 24.5. The van der Waals surface area contributed by atoms with Gasteiger partial charge in [0.25, 0.3) is 5.91 Å². The summed E-state index contributed by atoms with van der Waals surface area (Å²) in [6, 6.07) is 21.0. The SMILES string of the molecule is COc1ccc(CCC(=O)NCc2cccc(C(=O)Nc3ccccc3)c2)cc1F. The first kappa shape index (κ1) is 21.0. The van der Waals surface area contributed by atoms with E-state index in [1.54, 1.807) is 30.3 Å². The third-order valence-electron chi connectivity index (χ3n) is 4.57. The van der Waals surface area contributed by atoms with Crippen LogP contribution in [0.5, 0.6) is 5.75 Å². The molecule has 3 rings (SSSR count). The van der Waals surface area contributed by atoms with E-state index >= 15 is 0 Å². The number of carbonyl (C=O) groups excluding carboxylic acids is 2. The molecular formula is C24H23FN2O3. The smallest absolute Gasteiger partial charge is 0.255 e. The zero-order chi connectivity index (χ0) is 21.3. The lowest BCUT2D eigenvalue weighted by Crippen LogP contribution is -2.23. The maximum absolute atomic E-state index is 13.7. The van der Waals surface area contributed by atoms with Crippen molar-refractivity contribution in [2.75, 3.05) is 12.4 Å². The fourth-order valence-electron chi connectivity index (χ4n) is 2.96. The highest BCUT2D eigenvalue weighted by Gasteiger charge is 2.09. The first-order chi connectivity index (χ1) is 14.5. The number of methoxy groups -OCH3 is 1. The molecule has 0 bridgehead atoms. The summed E-state index contributed by atoms with van der Waals surface area (Å²) < 4.78 is 18.6. The van der Waals surface area contributed by atoms with Gasteiger partial charge in [-0.1, -0.05) is 36.4 Å². The molecule has 5 nitrogen and oxygen atoms in total. The number of benzene rings is 3. The molecule has 0 saturated heterocycles. The van der Waals surface area contributed by atoms with Crippen LogP contribution in [0.3, 0.4) is 0 Å². The van der Waals surface area contributed by atoms with Crippen LogP contribution in [0.4, 0.5) is 10.1 Å². The fourth-order valence-corrected chi connectivity index (χ4v) is 2.96. The van der Waals surface area contributed by atoms with Gasteiger partial charge in [0.1, 0.15) is 0 Å². The van der Waals surface area contributed by atoms with Crippen LogP contribution in [-0.4, -0.2) is 18.9 Å². The largest absolute Gasteiger partial charge is 0.494 e. The molecule has 0 aliphatic carbocycles. The number of carbonyl (C=O) groups is 2. The summed E-state index contributed by atoms with van der Waals surface area (Å²) in [6.45, 7) is 0.308. The van der Waals surface area contributed by atoms with Gasteiger partial charge in [0.05, 0.1) is 7.11 Å². The average Bonchev–Trinajstić information content (AvgIpc) is 2.77. The summed E-state index contributed by atoms with van der Waals surface area (Å²) in [5.74, 6) is -0.623. The number of nitrogens with one attached hydrogen (secondary N) is 2. The average molecular weight is 406 g/mol. The van der Waals surface area contributed by atoms with Crippen LogP contribution >= 0.6 is 0 Å². The van der Waals surface area contributed by atoms with Crippen LogP contribution in [0.25, 0.3) is 0 Å². The van der Waals surface area contributed by atoms with Gasteiger partial charge in [0.2, 0.25) is 5.91 Å². The lowest BCUT2D eigenvalue weighted by Gasteiger charge is -2.09. The molecule has 0 fully saturated rings. The van der Waals surface area contributed by atoms with Gasteiger partial charge in [-0.05, 0) is 53.9 Å². The topological polar surface area (TPSA) is 67.4 Å². The van der Waals surface area contributed by atoms with E-state index in [0.29, 0.717) is 18.5 Å². The molecule has 3 aromatic carbocycles. The van der Waals surface area contributed by atoms with Crippen LogP contribution in [0.1, 0.15) is 27.9 Å². The molecule has 154 valence electrons. The van der Waals surface area contributed by atoms with Crippen molar-refractivity contribution in [1.82, 2.24) is 5.32 Å². The number of rotatable bonds is 8. The van der Waals surface area contributed by atoms with Crippen LogP contribution in [-0.2, 0) is 17.8 Å². The van der Waals surface area contributed by atoms with Crippen molar-refractivity contribution in [3.8, 4) is 5.75 Å². The molecule has 0 unspecified atom stereocenters. The lowest BCUT2D eigenvalue weighted by atomic mass is 10.1. The Morgan fingerprint density at radius 2 is 1.73 bits per heavy atom. The highest BCUT2D eigenvalue weighted by atomic mass is 19.1. The lowest BCUT2D eigenvalue weighted by molar-refractivity contribution is -0.121. The molecule has 3 aromatic rings. The number of para-hydroxylation sites is 1. The Kier molecular flexibility index (Phi) is 7.16. The predicted octanol–water partition coefficient (Wildman–Crippen LogP) is 4.34. The van der Waals surface area contributed by atoms with E-state index in [9.17, 15) is 14.0 Å². The van der Waals surface area contributed by atoms with Gasteiger partial charge >= 0.3 is 0 Å². The summed E-state index contributed by atoms with van der Waals surface area (Å²) in [5, 5.41) is 5.67. The van der Waals surface area contributed by atoms with Crippen molar-refractivity contribution in [2.45, 2.75) is 19.4 Å². The second-order valence-electron chi connectivity index (χ2n) is 6.77. The number of anilines is 1. The monoisotopic (exact) mass is 406 g/mol. The Balaban J connectivity index is 1.50. The molecule has 2 amide bonds. The molecule has 0 radical (unpaired) electrons. The third kappa shape index (κ3) is 5.91. The minimum atomic E-state index is -0.444. The summed E-state index contributed by atoms with van der Waals surface area (Å²) in [7, 11) is 1.41. The Morgan fingerprint density at radius 3 is 2.47 bits per heavy atom. The zero-order valence-electron chi connectivity index (χ0n) is 16.7. The van der Waals surface area contributed by atoms with E-state index in [1.165, 1.54) is 13.2 Å². The van der Waals surface area contributed by atoms with Gasteiger partial charge in [-0.15, -0.1) is 0 Å². The van der Waals surface area contributed by atoms with Gasteiger partial charge < -0.3 is 15.4 Å². The molecule has 0 spiro atoms. The summed E-state index contributed by atoms with van der Waals surface area (Å²) >= 11 is 0. The number of hydrogen-bond donors (Lipinski definition) is 2. The molecule has 0 saturated carbocycles. The Bertz CT molecular complexity index is 1020. The number of hydrogen-bond acceptors (Lipinski definition) is 3. The van der Waals surface area contributed by atoms with Crippen molar-refractivity contribution in [2.24, 2.45) is 0 Å². The Labute approximate surface area is 174 Å². The van der Waals surface area contributed by atoms with Gasteiger partial charge in [-0.3, -0.25) is 9.59 Å². The molecule has 0 heterocycles. The maximum atomic E-state index is 13.7. The van der Waals surface area contributed by atoms with Crippen molar-refractivity contribution in [1.29, 1.82) is 0 Å². The second kappa shape index (κ2) is 10.2. The van der Waals surface area contributed by atoms with Crippen LogP contribution in [0, 0.1) is 5.82 Å². The van der Waals surface area contributed by atoms with Crippen molar-refractivity contribution in [3.63, 3.8) is 0 Å². The predicted molar refractivity (Wildman–Crippen MR) is 114 cm³/mol. The number of amides is 2. The van der Waals surface area contributed by atoms with E-state index in [1.807, 2.05) is 36.4 Å². The van der Waals surface area contributed by atoms with E-state index in [4.69, 9.17) is 4.74 Å². The molecule has 30 heavy (non-hydrogen) atoms. The van der Waals surface area contributed by atoms with Gasteiger partial charge in [0.15, 0.2) is 11.6 Å². The minimum absolute atomic E-state index is 0.148. The minimum Gasteiger partial charge on any atom is -0.494 e. The van der Waals surface area contributed by atoms with Gasteiger partial charge in [0, 0.05) is 24.2 Å². The molecule has 2 N–H and O–H groups in total. The van der Waals surface area contributed by atoms with Gasteiger partial charge in [-0.2, -0.15) is 0 Å². The molecule has 0 aliphatic heterocycles. The number of aryl methyl sites for hydroxylation is 1. The van der Waals surface area contributed by atoms with E-state index in [2.05, 4.69) is 10.6 Å². The quantitative estimate of drug-likeness (QED) is 0.585. The molecule has 0 aromatic heterocycles. The van der Waals surface area contributed by atoms with Crippen LogP contribution in [0.2, 0.25) is 0 Å². The maximum Gasteiger partial charge on any atom is 0.255 e. The second-order valence-corrected chi connectivity index (χ2v) is 6.77. The zero-order valence-corrected chi connectivity index (χ0v) is 16.7. The summed E-state index contributed by atoms with van der Waals surface area (Å²) in [6.07, 6.45) is 0.659. The standard InChI is InChI=1S/C24H23FN2O3/c1-30-22-12-10-17(15-21(22)25)11-13-23(28)26-16-18-6-5-7-19(14-18)24(29)27-20-8-3-2-4-9-20/h2-10,12,14-15H,11,13,16H2,1H3,(H,26,28)(H,27,29). The van der Waals surface area contributed by atoms with Crippen molar-refractivity contribution in [3.05, 3.63) is 95.3 Å². The molecule has 0 aliphatic rings. The molecular weight excluding hydrogens is 383 g/mol. The fraction of sp³-hybridized carbons (Fsp3) is 0.167. The highest BCUT2D eigenvalue weighted by Crippen LogP contribution is 2.18. The van der Waals surface area contributed by atoms with Crippen molar-refractivity contribution < 1.29 is 18.7 Å². The van der Waals surface area contributed by atoms with Crippen LogP contribution in [0.15, 0.2) is 72.8 Å².